The van der Waals surface area contributed by atoms with Crippen molar-refractivity contribution in [3.05, 3.63) is 71.0 Å². The number of rotatable bonds is 3. The largest absolute Gasteiger partial charge is 0.422 e. The predicted octanol–water partition coefficient (Wildman–Crippen LogP) is 3.82. The molecule has 0 radical (unpaired) electrons. The molecule has 8 nitrogen and oxygen atoms in total. The highest BCUT2D eigenvalue weighted by Crippen LogP contribution is 2.19. The molecule has 1 fully saturated rings. The fourth-order valence-electron chi connectivity index (χ4n) is 3.33. The lowest BCUT2D eigenvalue weighted by Crippen LogP contribution is -2.29. The van der Waals surface area contributed by atoms with Gasteiger partial charge < -0.3 is 9.64 Å². The highest BCUT2D eigenvalue weighted by molar-refractivity contribution is 5.76. The van der Waals surface area contributed by atoms with E-state index in [1.165, 1.54) is 62.2 Å². The number of hydrogen-bond acceptors (Lipinski definition) is 6. The second-order valence-corrected chi connectivity index (χ2v) is 7.18. The number of aromatic amines is 2. The molecule has 3 aromatic heterocycles. The van der Waals surface area contributed by atoms with Crippen molar-refractivity contribution in [3.63, 3.8) is 0 Å². The average molecular weight is 404 g/mol. The quantitative estimate of drug-likeness (QED) is 0.538. The van der Waals surface area contributed by atoms with Gasteiger partial charge in [0.1, 0.15) is 0 Å². The Morgan fingerprint density at radius 2 is 1.83 bits per heavy atom. The van der Waals surface area contributed by atoms with Crippen LogP contribution in [0.1, 0.15) is 24.8 Å². The number of H-pyrrole nitrogens is 2. The van der Waals surface area contributed by atoms with Gasteiger partial charge in [-0.05, 0) is 44.4 Å². The van der Waals surface area contributed by atoms with Crippen LogP contribution in [0.5, 0.6) is 11.8 Å². The molecule has 0 atom stereocenters. The predicted molar refractivity (Wildman–Crippen MR) is 116 cm³/mol. The first-order valence-corrected chi connectivity index (χ1v) is 10.0. The highest BCUT2D eigenvalue weighted by atomic mass is 16.5. The molecule has 154 valence electrons. The zero-order valence-corrected chi connectivity index (χ0v) is 16.8. The molecule has 8 heteroatoms. The minimum Gasteiger partial charge on any atom is -0.422 e. The SMILES string of the molecule is Cc1ccc(N2CCCCC2)cc1.O=c1[nH]c(Oc2cn[nH]c2)nc2cnccc12. The molecule has 0 amide bonds. The zero-order chi connectivity index (χ0) is 20.8. The van der Waals surface area contributed by atoms with Gasteiger partial charge in [0.15, 0.2) is 5.75 Å². The summed E-state index contributed by atoms with van der Waals surface area (Å²) >= 11 is 0. The lowest BCUT2D eigenvalue weighted by Gasteiger charge is -2.28. The summed E-state index contributed by atoms with van der Waals surface area (Å²) in [5, 5.41) is 6.79. The van der Waals surface area contributed by atoms with Crippen LogP contribution in [0.2, 0.25) is 0 Å². The standard InChI is InChI=1S/C12H17N.C10H7N5O2/c1-11-5-7-12(8-6-11)13-9-3-2-4-10-13;16-9-7-1-2-11-5-8(7)14-10(15-9)17-6-3-12-13-4-6/h5-8H,2-4,9-10H2,1H3;1-5H,(H,12,13)(H,14,15,16). The van der Waals surface area contributed by atoms with Gasteiger partial charge >= 0.3 is 6.01 Å². The van der Waals surface area contributed by atoms with E-state index < -0.39 is 0 Å². The van der Waals surface area contributed by atoms with E-state index in [1.807, 2.05) is 0 Å². The first-order valence-electron chi connectivity index (χ1n) is 10.0. The summed E-state index contributed by atoms with van der Waals surface area (Å²) in [6.45, 7) is 4.62. The van der Waals surface area contributed by atoms with E-state index in [0.29, 0.717) is 16.7 Å². The number of nitrogens with one attached hydrogen (secondary N) is 2. The van der Waals surface area contributed by atoms with Crippen molar-refractivity contribution in [2.45, 2.75) is 26.2 Å². The molecule has 0 saturated carbocycles. The summed E-state index contributed by atoms with van der Waals surface area (Å²) in [4.78, 5) is 24.8. The molecule has 1 saturated heterocycles. The molecule has 0 spiro atoms. The third-order valence-corrected chi connectivity index (χ3v) is 4.93. The number of nitrogens with zero attached hydrogens (tertiary/aromatic N) is 4. The van der Waals surface area contributed by atoms with Crippen LogP contribution in [-0.2, 0) is 0 Å². The lowest BCUT2D eigenvalue weighted by atomic mass is 10.1. The normalized spacial score (nSPS) is 13.6. The molecule has 0 bridgehead atoms. The number of benzene rings is 1. The first kappa shape index (κ1) is 19.6. The van der Waals surface area contributed by atoms with Gasteiger partial charge in [-0.3, -0.25) is 19.9 Å². The molecule has 1 aliphatic rings. The van der Waals surface area contributed by atoms with Crippen molar-refractivity contribution in [1.29, 1.82) is 0 Å². The van der Waals surface area contributed by atoms with Crippen LogP contribution >= 0.6 is 0 Å². The van der Waals surface area contributed by atoms with Gasteiger partial charge in [0.2, 0.25) is 0 Å². The maximum absolute atomic E-state index is 11.7. The third-order valence-electron chi connectivity index (χ3n) is 4.93. The van der Waals surface area contributed by atoms with Crippen LogP contribution in [0.4, 0.5) is 5.69 Å². The number of pyridine rings is 1. The number of aryl methyl sites for hydroxylation is 1. The molecule has 5 rings (SSSR count). The van der Waals surface area contributed by atoms with E-state index in [4.69, 9.17) is 4.74 Å². The first-order chi connectivity index (χ1) is 14.7. The molecular weight excluding hydrogens is 380 g/mol. The molecule has 4 aromatic rings. The van der Waals surface area contributed by atoms with Crippen LogP contribution in [-0.4, -0.2) is 38.2 Å². The number of aromatic nitrogens is 5. The second kappa shape index (κ2) is 9.21. The summed E-state index contributed by atoms with van der Waals surface area (Å²) in [7, 11) is 0. The fraction of sp³-hybridized carbons (Fsp3) is 0.273. The van der Waals surface area contributed by atoms with Crippen molar-refractivity contribution >= 4 is 16.6 Å². The third kappa shape index (κ3) is 4.83. The Morgan fingerprint density at radius 3 is 2.57 bits per heavy atom. The monoisotopic (exact) mass is 404 g/mol. The second-order valence-electron chi connectivity index (χ2n) is 7.18. The van der Waals surface area contributed by atoms with E-state index in [2.05, 4.69) is 61.2 Å². The van der Waals surface area contributed by atoms with E-state index in [0.717, 1.165) is 0 Å². The van der Waals surface area contributed by atoms with Crippen molar-refractivity contribution in [1.82, 2.24) is 25.1 Å². The summed E-state index contributed by atoms with van der Waals surface area (Å²) in [6.07, 6.45) is 10.2. The van der Waals surface area contributed by atoms with Gasteiger partial charge in [-0.2, -0.15) is 10.1 Å². The molecular formula is C22H24N6O2. The van der Waals surface area contributed by atoms with Crippen molar-refractivity contribution in [2.24, 2.45) is 0 Å². The summed E-state index contributed by atoms with van der Waals surface area (Å²) in [6, 6.07) is 10.6. The Kier molecular flexibility index (Phi) is 6.03. The number of hydrogen-bond donors (Lipinski definition) is 2. The number of anilines is 1. The summed E-state index contributed by atoms with van der Waals surface area (Å²) in [5.41, 5.74) is 2.96. The van der Waals surface area contributed by atoms with Crippen molar-refractivity contribution in [3.8, 4) is 11.8 Å². The number of fused-ring (bicyclic) bond motifs is 1. The maximum Gasteiger partial charge on any atom is 0.302 e. The van der Waals surface area contributed by atoms with Crippen LogP contribution in [0, 0.1) is 6.92 Å². The van der Waals surface area contributed by atoms with E-state index >= 15 is 0 Å². The molecule has 0 unspecified atom stereocenters. The molecule has 30 heavy (non-hydrogen) atoms. The summed E-state index contributed by atoms with van der Waals surface area (Å²) in [5.74, 6) is 0.469. The number of ether oxygens (including phenoxy) is 1. The number of piperidine rings is 1. The zero-order valence-electron chi connectivity index (χ0n) is 16.8. The Bertz CT molecular complexity index is 1130. The van der Waals surface area contributed by atoms with Crippen LogP contribution in [0.3, 0.4) is 0 Å². The van der Waals surface area contributed by atoms with Gasteiger partial charge in [-0.25, -0.2) is 0 Å². The fourth-order valence-corrected chi connectivity index (χ4v) is 3.33. The molecule has 0 aliphatic carbocycles. The molecule has 1 aliphatic heterocycles. The highest BCUT2D eigenvalue weighted by Gasteiger charge is 2.09. The van der Waals surface area contributed by atoms with Gasteiger partial charge in [-0.15, -0.1) is 0 Å². The lowest BCUT2D eigenvalue weighted by molar-refractivity contribution is 0.443. The molecule has 2 N–H and O–H groups in total. The minimum atomic E-state index is -0.268. The van der Waals surface area contributed by atoms with E-state index in [1.54, 1.807) is 12.3 Å². The van der Waals surface area contributed by atoms with Gasteiger partial charge in [0, 0.05) is 25.0 Å². The average Bonchev–Trinajstić information content (AvgIpc) is 3.28. The molecule has 1 aromatic carbocycles. The van der Waals surface area contributed by atoms with Gasteiger partial charge in [-0.1, -0.05) is 17.7 Å². The van der Waals surface area contributed by atoms with Crippen LogP contribution in [0.15, 0.2) is 59.9 Å². The maximum atomic E-state index is 11.7. The Hall–Kier alpha value is -3.68. The Labute approximate surface area is 174 Å². The smallest absolute Gasteiger partial charge is 0.302 e. The summed E-state index contributed by atoms with van der Waals surface area (Å²) < 4.78 is 5.32. The Balaban J connectivity index is 0.000000151. The van der Waals surface area contributed by atoms with Gasteiger partial charge in [0.05, 0.1) is 29.5 Å². The van der Waals surface area contributed by atoms with E-state index in [-0.39, 0.29) is 11.6 Å². The van der Waals surface area contributed by atoms with Crippen LogP contribution in [0.25, 0.3) is 10.9 Å². The van der Waals surface area contributed by atoms with Crippen LogP contribution < -0.4 is 15.2 Å². The topological polar surface area (TPSA) is 99.8 Å². The van der Waals surface area contributed by atoms with Crippen molar-refractivity contribution in [2.75, 3.05) is 18.0 Å². The van der Waals surface area contributed by atoms with Gasteiger partial charge in [0.25, 0.3) is 5.56 Å². The van der Waals surface area contributed by atoms with Crippen molar-refractivity contribution < 1.29 is 4.74 Å². The minimum absolute atomic E-state index is 0.108. The Morgan fingerprint density at radius 1 is 1.03 bits per heavy atom. The molecule has 4 heterocycles. The van der Waals surface area contributed by atoms with E-state index in [9.17, 15) is 4.79 Å².